The van der Waals surface area contributed by atoms with Crippen LogP contribution >= 0.6 is 0 Å². The molecule has 2 aliphatic rings. The van der Waals surface area contributed by atoms with Gasteiger partial charge in [-0.2, -0.15) is 0 Å². The van der Waals surface area contributed by atoms with Gasteiger partial charge >= 0.3 is 5.97 Å². The lowest BCUT2D eigenvalue weighted by Gasteiger charge is -2.21. The van der Waals surface area contributed by atoms with Crippen LogP contribution in [0, 0.1) is 5.92 Å². The standard InChI is InChI=1S/C29H26N2O5.C2H6/c1-15(2)10-19-21-13-31-24(12-20-22(28(31)34)14-36-29(35)27(20)33)26(21)30-23-8-7-17-6-5-16(4-3-9-32)11-18(17)25(19)23;1-2/h5-9,11-12,15,27,33H,3-4,10,13-14H2,1-2H3;1-2H3. The molecule has 2 aromatic carbocycles. The van der Waals surface area contributed by atoms with Crippen molar-refractivity contribution in [3.8, 4) is 11.4 Å². The minimum absolute atomic E-state index is 0.136. The summed E-state index contributed by atoms with van der Waals surface area (Å²) >= 11 is 0. The Morgan fingerprint density at radius 1 is 1.13 bits per heavy atom. The minimum Gasteiger partial charge on any atom is -0.458 e. The summed E-state index contributed by atoms with van der Waals surface area (Å²) in [5.41, 5.74) is 5.81. The first-order chi connectivity index (χ1) is 18.4. The van der Waals surface area contributed by atoms with Crippen LogP contribution in [0.5, 0.6) is 0 Å². The van der Waals surface area contributed by atoms with E-state index in [1.165, 1.54) is 0 Å². The van der Waals surface area contributed by atoms with Gasteiger partial charge in [-0.1, -0.05) is 52.0 Å². The van der Waals surface area contributed by atoms with Gasteiger partial charge in [0.1, 0.15) is 12.9 Å². The van der Waals surface area contributed by atoms with E-state index in [1.807, 2.05) is 26.0 Å². The van der Waals surface area contributed by atoms with Crippen molar-refractivity contribution in [2.45, 2.75) is 66.2 Å². The number of hydrogen-bond donors (Lipinski definition) is 1. The van der Waals surface area contributed by atoms with Crippen LogP contribution in [0.4, 0.5) is 0 Å². The van der Waals surface area contributed by atoms with Crippen LogP contribution in [0.25, 0.3) is 33.1 Å². The number of ether oxygens (including phenoxy) is 1. The summed E-state index contributed by atoms with van der Waals surface area (Å²) in [6.07, 6.45) is 1.44. The van der Waals surface area contributed by atoms with Crippen LogP contribution in [0.3, 0.4) is 0 Å². The fourth-order valence-electron chi connectivity index (χ4n) is 5.60. The summed E-state index contributed by atoms with van der Waals surface area (Å²) in [5.74, 6) is -0.372. The number of aldehydes is 1. The number of pyridine rings is 2. The van der Waals surface area contributed by atoms with Gasteiger partial charge in [0.25, 0.3) is 5.56 Å². The highest BCUT2D eigenvalue weighted by Crippen LogP contribution is 2.40. The smallest absolute Gasteiger partial charge is 0.340 e. The van der Waals surface area contributed by atoms with Crippen molar-refractivity contribution in [2.24, 2.45) is 5.92 Å². The molecule has 0 spiro atoms. The molecule has 2 aromatic heterocycles. The average molecular weight is 513 g/mol. The van der Waals surface area contributed by atoms with Crippen LogP contribution in [0.2, 0.25) is 0 Å². The lowest BCUT2D eigenvalue weighted by atomic mass is 9.90. The molecule has 0 saturated heterocycles. The minimum atomic E-state index is -1.47. The van der Waals surface area contributed by atoms with Gasteiger partial charge in [-0.05, 0) is 52.8 Å². The average Bonchev–Trinajstić information content (AvgIpc) is 3.29. The molecule has 4 heterocycles. The van der Waals surface area contributed by atoms with Gasteiger partial charge in [-0.25, -0.2) is 9.78 Å². The van der Waals surface area contributed by atoms with E-state index in [0.29, 0.717) is 42.1 Å². The van der Waals surface area contributed by atoms with E-state index >= 15 is 0 Å². The van der Waals surface area contributed by atoms with Crippen molar-refractivity contribution in [1.82, 2.24) is 9.55 Å². The molecule has 0 fully saturated rings. The Labute approximate surface area is 221 Å². The number of aryl methyl sites for hydroxylation is 1. The Kier molecular flexibility index (Phi) is 6.88. The molecule has 7 heteroatoms. The molecule has 1 atom stereocenters. The van der Waals surface area contributed by atoms with Gasteiger partial charge in [-0.15, -0.1) is 0 Å². The molecule has 7 nitrogen and oxygen atoms in total. The first-order valence-corrected chi connectivity index (χ1v) is 13.3. The topological polar surface area (TPSA) is 98.5 Å². The van der Waals surface area contributed by atoms with Crippen LogP contribution in [0.15, 0.2) is 41.2 Å². The lowest BCUT2D eigenvalue weighted by molar-refractivity contribution is -0.157. The van der Waals surface area contributed by atoms with Gasteiger partial charge < -0.3 is 19.2 Å². The zero-order valence-corrected chi connectivity index (χ0v) is 22.2. The maximum absolute atomic E-state index is 13.4. The van der Waals surface area contributed by atoms with Crippen molar-refractivity contribution in [3.05, 3.63) is 74.6 Å². The third kappa shape index (κ3) is 4.11. The molecule has 0 radical (unpaired) electrons. The predicted molar refractivity (Wildman–Crippen MR) is 147 cm³/mol. The zero-order valence-electron chi connectivity index (χ0n) is 22.2. The quantitative estimate of drug-likeness (QED) is 0.202. The zero-order chi connectivity index (χ0) is 27.1. The van der Waals surface area contributed by atoms with E-state index in [4.69, 9.17) is 9.72 Å². The van der Waals surface area contributed by atoms with Gasteiger partial charge in [0.2, 0.25) is 0 Å². The third-order valence-electron chi connectivity index (χ3n) is 7.28. The fraction of sp³-hybridized carbons (Fsp3) is 0.355. The first-order valence-electron chi connectivity index (χ1n) is 13.3. The summed E-state index contributed by atoms with van der Waals surface area (Å²) in [6, 6.07) is 12.1. The molecule has 0 aliphatic carbocycles. The maximum Gasteiger partial charge on any atom is 0.340 e. The SMILES string of the molecule is CC.CC(C)Cc1c2c(nc3ccc4ccc(CCC=O)cc4c13)-c1cc3c(c(=O)n1C2)COC(=O)C3O. The highest BCUT2D eigenvalue weighted by atomic mass is 16.5. The number of cyclic esters (lactones) is 1. The van der Waals surface area contributed by atoms with Crippen molar-refractivity contribution < 1.29 is 19.4 Å². The molecule has 196 valence electrons. The normalized spacial score (nSPS) is 15.5. The number of fused-ring (bicyclic) bond motifs is 7. The van der Waals surface area contributed by atoms with Crippen LogP contribution < -0.4 is 5.56 Å². The van der Waals surface area contributed by atoms with E-state index < -0.39 is 12.1 Å². The fourth-order valence-corrected chi connectivity index (χ4v) is 5.60. The molecule has 4 aromatic rings. The Morgan fingerprint density at radius 3 is 2.63 bits per heavy atom. The van der Waals surface area contributed by atoms with Crippen molar-refractivity contribution in [2.75, 3.05) is 0 Å². The number of aromatic nitrogens is 2. The van der Waals surface area contributed by atoms with E-state index in [0.717, 1.165) is 56.8 Å². The number of esters is 1. The molecular weight excluding hydrogens is 480 g/mol. The lowest BCUT2D eigenvalue weighted by Crippen LogP contribution is -2.32. The van der Waals surface area contributed by atoms with Crippen molar-refractivity contribution in [3.63, 3.8) is 0 Å². The van der Waals surface area contributed by atoms with Gasteiger partial charge in [0, 0.05) is 22.9 Å². The van der Waals surface area contributed by atoms with Gasteiger partial charge in [0.15, 0.2) is 6.10 Å². The largest absolute Gasteiger partial charge is 0.458 e. The van der Waals surface area contributed by atoms with Gasteiger partial charge in [0.05, 0.1) is 29.0 Å². The number of rotatable bonds is 5. The Hall–Kier alpha value is -3.84. The molecule has 1 unspecified atom stereocenters. The summed E-state index contributed by atoms with van der Waals surface area (Å²) in [6.45, 7) is 8.59. The molecule has 38 heavy (non-hydrogen) atoms. The predicted octanol–water partition coefficient (Wildman–Crippen LogP) is 5.02. The second-order valence-electron chi connectivity index (χ2n) is 10.1. The van der Waals surface area contributed by atoms with Crippen molar-refractivity contribution >= 4 is 33.9 Å². The maximum atomic E-state index is 13.4. The van der Waals surface area contributed by atoms with E-state index in [-0.39, 0.29) is 12.2 Å². The third-order valence-corrected chi connectivity index (χ3v) is 7.28. The second-order valence-corrected chi connectivity index (χ2v) is 10.1. The summed E-state index contributed by atoms with van der Waals surface area (Å²) in [4.78, 5) is 41.4. The molecule has 0 bridgehead atoms. The number of carbonyl (C=O) groups is 2. The molecule has 2 aliphatic heterocycles. The Morgan fingerprint density at radius 2 is 1.89 bits per heavy atom. The highest BCUT2D eigenvalue weighted by Gasteiger charge is 2.34. The molecule has 1 N–H and O–H groups in total. The van der Waals surface area contributed by atoms with Crippen LogP contribution in [-0.2, 0) is 40.3 Å². The molecule has 0 amide bonds. The molecular formula is C31H32N2O5. The highest BCUT2D eigenvalue weighted by molar-refractivity contribution is 6.09. The van der Waals surface area contributed by atoms with E-state index in [1.54, 1.807) is 10.6 Å². The number of benzene rings is 2. The van der Waals surface area contributed by atoms with Crippen LogP contribution in [0.1, 0.15) is 68.0 Å². The number of nitrogens with zero attached hydrogens (tertiary/aromatic N) is 2. The first kappa shape index (κ1) is 25.8. The summed E-state index contributed by atoms with van der Waals surface area (Å²) in [5, 5.41) is 13.7. The van der Waals surface area contributed by atoms with Crippen LogP contribution in [-0.4, -0.2) is 26.9 Å². The number of aliphatic hydroxyl groups excluding tert-OH is 1. The number of carbonyl (C=O) groups excluding carboxylic acids is 2. The molecule has 6 rings (SSSR count). The number of aliphatic hydroxyl groups is 1. The summed E-state index contributed by atoms with van der Waals surface area (Å²) < 4.78 is 6.70. The van der Waals surface area contributed by atoms with E-state index in [9.17, 15) is 19.5 Å². The van der Waals surface area contributed by atoms with Crippen molar-refractivity contribution in [1.29, 1.82) is 0 Å². The second kappa shape index (κ2) is 10.1. The molecule has 0 saturated carbocycles. The Bertz CT molecular complexity index is 1650. The Balaban J connectivity index is 0.00000144. The summed E-state index contributed by atoms with van der Waals surface area (Å²) in [7, 11) is 0. The van der Waals surface area contributed by atoms with Gasteiger partial charge in [-0.3, -0.25) is 4.79 Å². The van der Waals surface area contributed by atoms with E-state index in [2.05, 4.69) is 32.0 Å². The number of hydrogen-bond acceptors (Lipinski definition) is 6. The monoisotopic (exact) mass is 512 g/mol.